The molecule has 2 aromatic rings. The van der Waals surface area contributed by atoms with Crippen molar-refractivity contribution >= 4 is 5.78 Å². The zero-order chi connectivity index (χ0) is 23.9. The Bertz CT molecular complexity index is 1040. The topological polar surface area (TPSA) is 175 Å². The zero-order valence-corrected chi connectivity index (χ0v) is 17.5. The van der Waals surface area contributed by atoms with Crippen LogP contribution in [0, 0.1) is 0 Å². The van der Waals surface area contributed by atoms with Gasteiger partial charge in [-0.2, -0.15) is 0 Å². The van der Waals surface area contributed by atoms with Gasteiger partial charge >= 0.3 is 0 Å². The number of ketones is 1. The maximum absolute atomic E-state index is 12.6. The van der Waals surface area contributed by atoms with Crippen LogP contribution in [0.3, 0.4) is 0 Å². The van der Waals surface area contributed by atoms with Gasteiger partial charge in [0.15, 0.2) is 17.3 Å². The van der Waals surface area contributed by atoms with E-state index in [2.05, 4.69) is 0 Å². The van der Waals surface area contributed by atoms with Crippen LogP contribution in [0.1, 0.15) is 28.4 Å². The van der Waals surface area contributed by atoms with Gasteiger partial charge in [0.2, 0.25) is 6.29 Å². The third-order valence-electron chi connectivity index (χ3n) is 5.66. The lowest BCUT2D eigenvalue weighted by Gasteiger charge is -2.39. The third-order valence-corrected chi connectivity index (χ3v) is 5.66. The molecule has 2 heterocycles. The summed E-state index contributed by atoms with van der Waals surface area (Å²) in [5.41, 5.74) is 0.484. The first-order valence-electron chi connectivity index (χ1n) is 10.1. The molecule has 6 atom stereocenters. The van der Waals surface area contributed by atoms with Gasteiger partial charge in [-0.1, -0.05) is 6.07 Å². The molecule has 4 rings (SSSR count). The fourth-order valence-corrected chi connectivity index (χ4v) is 3.83. The highest BCUT2D eigenvalue weighted by atomic mass is 16.7. The van der Waals surface area contributed by atoms with Gasteiger partial charge in [-0.3, -0.25) is 4.79 Å². The minimum Gasteiger partial charge on any atom is -0.507 e. The second-order valence-corrected chi connectivity index (χ2v) is 7.80. The van der Waals surface area contributed by atoms with Crippen LogP contribution in [0.4, 0.5) is 0 Å². The number of phenolic OH excluding ortho intramolecular Hbond substituents is 2. The highest BCUT2D eigenvalue weighted by molar-refractivity contribution is 6.02. The molecule has 33 heavy (non-hydrogen) atoms. The molecule has 6 N–H and O–H groups in total. The van der Waals surface area contributed by atoms with Crippen molar-refractivity contribution in [3.63, 3.8) is 0 Å². The predicted octanol–water partition coefficient (Wildman–Crippen LogP) is -0.00840. The summed E-state index contributed by atoms with van der Waals surface area (Å²) < 4.78 is 21.8. The van der Waals surface area contributed by atoms with E-state index < -0.39 is 43.4 Å². The normalized spacial score (nSPS) is 29.2. The molecule has 2 aliphatic heterocycles. The Morgan fingerprint density at radius 1 is 1.03 bits per heavy atom. The molecule has 11 heteroatoms. The number of aromatic hydroxyl groups is 2. The first-order chi connectivity index (χ1) is 15.7. The highest BCUT2D eigenvalue weighted by Gasteiger charge is 2.45. The third kappa shape index (κ3) is 4.28. The van der Waals surface area contributed by atoms with E-state index in [0.29, 0.717) is 11.3 Å². The molecule has 0 spiro atoms. The highest BCUT2D eigenvalue weighted by Crippen LogP contribution is 2.43. The van der Waals surface area contributed by atoms with Crippen molar-refractivity contribution in [2.24, 2.45) is 0 Å². The van der Waals surface area contributed by atoms with Gasteiger partial charge in [0.1, 0.15) is 53.3 Å². The molecule has 0 aromatic heterocycles. The number of rotatable bonds is 5. The van der Waals surface area contributed by atoms with Crippen molar-refractivity contribution in [1.82, 2.24) is 0 Å². The minimum absolute atomic E-state index is 0.0450. The van der Waals surface area contributed by atoms with E-state index in [4.69, 9.17) is 18.9 Å². The number of methoxy groups -OCH3 is 1. The molecule has 1 fully saturated rings. The Labute approximate surface area is 188 Å². The number of hydrogen-bond donors (Lipinski definition) is 6. The van der Waals surface area contributed by atoms with Crippen LogP contribution in [-0.2, 0) is 4.74 Å². The second-order valence-electron chi connectivity index (χ2n) is 7.80. The number of ether oxygens (including phenoxy) is 4. The Balaban J connectivity index is 1.59. The second kappa shape index (κ2) is 9.04. The van der Waals surface area contributed by atoms with Crippen molar-refractivity contribution in [2.45, 2.75) is 43.2 Å². The molecule has 0 aliphatic carbocycles. The van der Waals surface area contributed by atoms with Crippen molar-refractivity contribution in [2.75, 3.05) is 13.7 Å². The monoisotopic (exact) mass is 464 g/mol. The number of Topliss-reactive ketones (excluding diaryl/α,β-unsaturated/α-hetero) is 1. The summed E-state index contributed by atoms with van der Waals surface area (Å²) in [5, 5.41) is 59.7. The van der Waals surface area contributed by atoms with Gasteiger partial charge in [0.25, 0.3) is 0 Å². The van der Waals surface area contributed by atoms with Crippen LogP contribution in [0.5, 0.6) is 28.7 Å². The average molecular weight is 464 g/mol. The van der Waals surface area contributed by atoms with Crippen LogP contribution in [0.15, 0.2) is 30.3 Å². The first-order valence-corrected chi connectivity index (χ1v) is 10.1. The summed E-state index contributed by atoms with van der Waals surface area (Å²) >= 11 is 0. The predicted molar refractivity (Wildman–Crippen MR) is 109 cm³/mol. The maximum atomic E-state index is 12.6. The number of hydrogen-bond acceptors (Lipinski definition) is 11. The van der Waals surface area contributed by atoms with Gasteiger partial charge in [0, 0.05) is 12.1 Å². The van der Waals surface area contributed by atoms with Gasteiger partial charge in [0.05, 0.1) is 20.1 Å². The summed E-state index contributed by atoms with van der Waals surface area (Å²) in [6, 6.07) is 6.97. The summed E-state index contributed by atoms with van der Waals surface area (Å²) in [6.07, 6.45) is -8.44. The van der Waals surface area contributed by atoms with Gasteiger partial charge in [-0.15, -0.1) is 0 Å². The molecular formula is C22H24O11. The molecule has 178 valence electrons. The molecule has 2 aromatic carbocycles. The van der Waals surface area contributed by atoms with Crippen molar-refractivity contribution in [3.05, 3.63) is 41.5 Å². The SMILES string of the molecule is COc1cc(O)c2c(c1)O[C@H](c1ccc(O)c(O[C@@H]3O[C@H](CO)[C@@H](O)[C@H](O)[C@H]3O)c1)CC2=O. The Morgan fingerprint density at radius 2 is 1.79 bits per heavy atom. The van der Waals surface area contributed by atoms with Crippen molar-refractivity contribution in [1.29, 1.82) is 0 Å². The minimum atomic E-state index is -1.67. The summed E-state index contributed by atoms with van der Waals surface area (Å²) in [6.45, 7) is -0.634. The molecule has 0 amide bonds. The van der Waals surface area contributed by atoms with E-state index in [-0.39, 0.29) is 40.8 Å². The number of aliphatic hydroxyl groups excluding tert-OH is 4. The van der Waals surface area contributed by atoms with E-state index >= 15 is 0 Å². The molecule has 0 bridgehead atoms. The Kier molecular flexibility index (Phi) is 6.32. The Morgan fingerprint density at radius 3 is 2.48 bits per heavy atom. The molecule has 1 saturated heterocycles. The van der Waals surface area contributed by atoms with Crippen LogP contribution in [-0.4, -0.2) is 80.8 Å². The lowest BCUT2D eigenvalue weighted by molar-refractivity contribution is -0.277. The summed E-state index contributed by atoms with van der Waals surface area (Å²) in [5.74, 6) is -0.643. The number of benzene rings is 2. The molecule has 0 unspecified atom stereocenters. The smallest absolute Gasteiger partial charge is 0.229 e. The van der Waals surface area contributed by atoms with E-state index in [0.717, 1.165) is 0 Å². The zero-order valence-electron chi connectivity index (χ0n) is 17.5. The van der Waals surface area contributed by atoms with E-state index in [1.807, 2.05) is 0 Å². The largest absolute Gasteiger partial charge is 0.507 e. The summed E-state index contributed by atoms with van der Waals surface area (Å²) in [7, 11) is 1.41. The first kappa shape index (κ1) is 23.1. The number of phenols is 2. The van der Waals surface area contributed by atoms with Crippen LogP contribution >= 0.6 is 0 Å². The van der Waals surface area contributed by atoms with Crippen LogP contribution in [0.25, 0.3) is 0 Å². The number of fused-ring (bicyclic) bond motifs is 1. The standard InChI is InChI=1S/C22H24O11/c1-30-10-5-12(25)18-13(26)7-14(31-16(18)6-10)9-2-3-11(24)15(4-9)32-22-21(29)20(28)19(27)17(8-23)33-22/h2-6,14,17,19-25,27-29H,7-8H2,1H3/t14-,17+,19+,20-,21+,22+/m0/s1. The van der Waals surface area contributed by atoms with Crippen molar-refractivity contribution < 1.29 is 54.4 Å². The Hall–Kier alpha value is -3.09. The van der Waals surface area contributed by atoms with E-state index in [9.17, 15) is 35.4 Å². The van der Waals surface area contributed by atoms with Gasteiger partial charge in [-0.25, -0.2) is 0 Å². The van der Waals surface area contributed by atoms with Crippen LogP contribution < -0.4 is 14.2 Å². The average Bonchev–Trinajstić information content (AvgIpc) is 2.79. The fraction of sp³-hybridized carbons (Fsp3) is 0.409. The molecular weight excluding hydrogens is 440 g/mol. The number of aliphatic hydroxyl groups is 4. The fourth-order valence-electron chi connectivity index (χ4n) is 3.83. The summed E-state index contributed by atoms with van der Waals surface area (Å²) in [4.78, 5) is 12.6. The van der Waals surface area contributed by atoms with Crippen LogP contribution in [0.2, 0.25) is 0 Å². The van der Waals surface area contributed by atoms with Gasteiger partial charge in [-0.05, 0) is 17.7 Å². The molecule has 11 nitrogen and oxygen atoms in total. The number of carbonyl (C=O) groups excluding carboxylic acids is 1. The maximum Gasteiger partial charge on any atom is 0.229 e. The van der Waals surface area contributed by atoms with Gasteiger partial charge < -0.3 is 49.6 Å². The lowest BCUT2D eigenvalue weighted by atomic mass is 9.95. The quantitative estimate of drug-likeness (QED) is 0.351. The molecule has 0 saturated carbocycles. The number of carbonyl (C=O) groups is 1. The van der Waals surface area contributed by atoms with E-state index in [1.54, 1.807) is 0 Å². The van der Waals surface area contributed by atoms with Crippen molar-refractivity contribution in [3.8, 4) is 28.7 Å². The van der Waals surface area contributed by atoms with E-state index in [1.165, 1.54) is 37.4 Å². The lowest BCUT2D eigenvalue weighted by Crippen LogP contribution is -2.60. The molecule has 2 aliphatic rings. The molecule has 0 radical (unpaired) electrons.